The third kappa shape index (κ3) is 3.99. The molecule has 2 bridgehead atoms. The molecule has 0 spiro atoms. The summed E-state index contributed by atoms with van der Waals surface area (Å²) in [5.41, 5.74) is 1.38. The number of benzene rings is 2. The molecule has 41 heavy (non-hydrogen) atoms. The van der Waals surface area contributed by atoms with Crippen LogP contribution in [0.1, 0.15) is 96.6 Å². The molecular formula is C32H38BNO7. The zero-order valence-corrected chi connectivity index (χ0v) is 24.8. The molecule has 2 amide bonds. The summed E-state index contributed by atoms with van der Waals surface area (Å²) in [5, 5.41) is 9.98. The highest BCUT2D eigenvalue weighted by Crippen LogP contribution is 2.66. The Labute approximate surface area is 241 Å². The number of imide groups is 1. The molecule has 8 nitrogen and oxygen atoms in total. The summed E-state index contributed by atoms with van der Waals surface area (Å²) in [6.07, 6.45) is 1.89. The first-order valence-corrected chi connectivity index (χ1v) is 14.4. The molecule has 2 aromatic carbocycles. The highest BCUT2D eigenvalue weighted by molar-refractivity contribution is 6.49. The average molecular weight is 559 g/mol. The van der Waals surface area contributed by atoms with E-state index in [1.807, 2.05) is 20.8 Å². The van der Waals surface area contributed by atoms with Crippen molar-refractivity contribution in [3.63, 3.8) is 0 Å². The van der Waals surface area contributed by atoms with Crippen molar-refractivity contribution in [2.24, 2.45) is 17.3 Å². The van der Waals surface area contributed by atoms with Crippen LogP contribution in [-0.2, 0) is 21.1 Å². The zero-order valence-electron chi connectivity index (χ0n) is 24.8. The maximum atomic E-state index is 13.8. The van der Waals surface area contributed by atoms with Gasteiger partial charge < -0.3 is 19.2 Å². The Morgan fingerprint density at radius 2 is 1.73 bits per heavy atom. The summed E-state index contributed by atoms with van der Waals surface area (Å²) in [6, 6.07) is 10.2. The van der Waals surface area contributed by atoms with Crippen LogP contribution < -0.4 is 4.74 Å². The van der Waals surface area contributed by atoms with E-state index in [4.69, 9.17) is 14.0 Å². The van der Waals surface area contributed by atoms with Gasteiger partial charge in [0.15, 0.2) is 0 Å². The van der Waals surface area contributed by atoms with Crippen LogP contribution in [0.5, 0.6) is 5.75 Å². The Balaban J connectivity index is 1.48. The van der Waals surface area contributed by atoms with Crippen molar-refractivity contribution >= 4 is 24.9 Å². The number of amides is 2. The predicted octanol–water partition coefficient (Wildman–Crippen LogP) is 5.17. The Kier molecular flexibility index (Phi) is 6.26. The highest BCUT2D eigenvalue weighted by atomic mass is 16.7. The third-order valence-corrected chi connectivity index (χ3v) is 10.4. The van der Waals surface area contributed by atoms with Crippen molar-refractivity contribution in [1.82, 2.24) is 4.90 Å². The Bertz CT molecular complexity index is 1430. The van der Waals surface area contributed by atoms with Gasteiger partial charge in [0.05, 0.1) is 35.9 Å². The highest BCUT2D eigenvalue weighted by Gasteiger charge is 2.69. The van der Waals surface area contributed by atoms with Crippen molar-refractivity contribution in [3.05, 3.63) is 64.2 Å². The van der Waals surface area contributed by atoms with Crippen LogP contribution in [-0.4, -0.2) is 59.7 Å². The van der Waals surface area contributed by atoms with Crippen LogP contribution in [0.3, 0.4) is 0 Å². The van der Waals surface area contributed by atoms with E-state index in [1.54, 1.807) is 36.4 Å². The molecule has 2 aromatic rings. The minimum absolute atomic E-state index is 0.0214. The van der Waals surface area contributed by atoms with Gasteiger partial charge in [-0.2, -0.15) is 0 Å². The largest absolute Gasteiger partial charge is 0.496 e. The summed E-state index contributed by atoms with van der Waals surface area (Å²) in [4.78, 5) is 41.2. The first kappa shape index (κ1) is 28.0. The molecule has 2 heterocycles. The number of carboxylic acid groups (broad SMARTS) is 1. The summed E-state index contributed by atoms with van der Waals surface area (Å²) < 4.78 is 19.2. The fourth-order valence-electron chi connectivity index (χ4n) is 8.03. The number of aromatic carboxylic acids is 1. The lowest BCUT2D eigenvalue weighted by Gasteiger charge is -2.64. The summed E-state index contributed by atoms with van der Waals surface area (Å²) in [6.45, 7) is 12.8. The van der Waals surface area contributed by atoms with Crippen LogP contribution in [0.2, 0.25) is 0 Å². The van der Waals surface area contributed by atoms with E-state index in [0.717, 1.165) is 18.4 Å². The van der Waals surface area contributed by atoms with E-state index >= 15 is 0 Å². The third-order valence-electron chi connectivity index (χ3n) is 10.4. The fourth-order valence-corrected chi connectivity index (χ4v) is 8.03. The van der Waals surface area contributed by atoms with Gasteiger partial charge in [-0.05, 0) is 72.6 Å². The van der Waals surface area contributed by atoms with E-state index in [2.05, 4.69) is 20.8 Å². The van der Waals surface area contributed by atoms with Gasteiger partial charge in [0.1, 0.15) is 11.3 Å². The normalized spacial score (nSPS) is 28.7. The van der Waals surface area contributed by atoms with Gasteiger partial charge in [0.2, 0.25) is 0 Å². The van der Waals surface area contributed by atoms with Crippen LogP contribution in [0.25, 0.3) is 0 Å². The number of hydrogen-bond acceptors (Lipinski definition) is 6. The molecule has 216 valence electrons. The number of hydrogen-bond donors (Lipinski definition) is 1. The van der Waals surface area contributed by atoms with Gasteiger partial charge >= 0.3 is 13.1 Å². The molecular weight excluding hydrogens is 521 g/mol. The molecule has 4 unspecified atom stereocenters. The maximum Gasteiger partial charge on any atom is 0.482 e. The molecule has 2 aliphatic heterocycles. The second kappa shape index (κ2) is 9.17. The number of fused-ring (bicyclic) bond motifs is 1. The average Bonchev–Trinajstić information content (AvgIpc) is 3.39. The van der Waals surface area contributed by atoms with Gasteiger partial charge in [-0.15, -0.1) is 0 Å². The van der Waals surface area contributed by atoms with E-state index in [1.165, 1.54) is 12.0 Å². The SMILES string of the molecule is COc1c(C(=O)O)ccc(C(C)(C)C)c1C[C@@H](B1OC2CC3CC(C3(C)C)C2(C)O1)N1C(=O)c2ccccc2C1=O. The number of methoxy groups -OCH3 is 1. The summed E-state index contributed by atoms with van der Waals surface area (Å²) in [7, 11) is 0.566. The van der Waals surface area contributed by atoms with E-state index in [9.17, 15) is 19.5 Å². The molecule has 4 fully saturated rings. The lowest BCUT2D eigenvalue weighted by Crippen LogP contribution is -2.65. The van der Waals surface area contributed by atoms with Crippen molar-refractivity contribution in [1.29, 1.82) is 0 Å². The van der Waals surface area contributed by atoms with E-state index < -0.39 is 36.4 Å². The molecule has 7 rings (SSSR count). The van der Waals surface area contributed by atoms with Crippen molar-refractivity contribution < 1.29 is 33.5 Å². The lowest BCUT2D eigenvalue weighted by molar-refractivity contribution is -0.199. The van der Waals surface area contributed by atoms with Crippen LogP contribution in [0.4, 0.5) is 0 Å². The number of carboxylic acids is 1. The van der Waals surface area contributed by atoms with E-state index in [-0.39, 0.29) is 34.7 Å². The minimum atomic E-state index is -1.12. The van der Waals surface area contributed by atoms with Gasteiger partial charge in [-0.25, -0.2) is 4.79 Å². The molecule has 1 N–H and O–H groups in total. The van der Waals surface area contributed by atoms with Crippen LogP contribution >= 0.6 is 0 Å². The second-order valence-electron chi connectivity index (χ2n) is 13.9. The molecule has 1 saturated heterocycles. The molecule has 5 aliphatic rings. The fraction of sp³-hybridized carbons (Fsp3) is 0.531. The molecule has 5 atom stereocenters. The quantitative estimate of drug-likeness (QED) is 0.385. The second-order valence-corrected chi connectivity index (χ2v) is 13.9. The summed E-state index contributed by atoms with van der Waals surface area (Å²) in [5.74, 6) is -1.72. The number of nitrogens with zero attached hydrogens (tertiary/aromatic N) is 1. The van der Waals surface area contributed by atoms with Gasteiger partial charge in [-0.3, -0.25) is 14.5 Å². The number of carbonyl (C=O) groups excluding carboxylic acids is 2. The van der Waals surface area contributed by atoms with Crippen molar-refractivity contribution in [2.45, 2.75) is 83.9 Å². The Morgan fingerprint density at radius 1 is 1.10 bits per heavy atom. The summed E-state index contributed by atoms with van der Waals surface area (Å²) >= 11 is 0. The standard InChI is InChI=1S/C32H38BNO7/c1-30(2,3)22-13-12-20(29(37)38)26(39-7)21(22)16-25(34-27(35)18-10-8-9-11-19(18)28(34)36)33-40-24-15-17-14-23(31(17,4)5)32(24,6)41-33/h8-13,17,23-25H,14-16H2,1-7H3,(H,37,38)/t17?,23?,24?,25-,32?/m0/s1. The zero-order chi connectivity index (χ0) is 29.6. The van der Waals surface area contributed by atoms with Gasteiger partial charge in [-0.1, -0.05) is 52.8 Å². The maximum absolute atomic E-state index is 13.8. The van der Waals surface area contributed by atoms with Crippen LogP contribution in [0.15, 0.2) is 36.4 Å². The molecule has 0 radical (unpaired) electrons. The predicted molar refractivity (Wildman–Crippen MR) is 153 cm³/mol. The first-order valence-electron chi connectivity index (χ1n) is 14.4. The number of carbonyl (C=O) groups is 3. The van der Waals surface area contributed by atoms with E-state index in [0.29, 0.717) is 28.5 Å². The number of ether oxygens (including phenoxy) is 1. The molecule has 0 aromatic heterocycles. The molecule has 9 heteroatoms. The Hall–Kier alpha value is -3.17. The van der Waals surface area contributed by atoms with Crippen molar-refractivity contribution in [2.75, 3.05) is 7.11 Å². The first-order chi connectivity index (χ1) is 19.2. The smallest absolute Gasteiger partial charge is 0.482 e. The molecule has 3 saturated carbocycles. The Morgan fingerprint density at radius 3 is 2.27 bits per heavy atom. The minimum Gasteiger partial charge on any atom is -0.496 e. The van der Waals surface area contributed by atoms with Crippen LogP contribution in [0, 0.1) is 17.3 Å². The van der Waals surface area contributed by atoms with Gasteiger partial charge in [0.25, 0.3) is 11.8 Å². The number of rotatable bonds is 6. The lowest BCUT2D eigenvalue weighted by atomic mass is 9.43. The monoisotopic (exact) mass is 559 g/mol. The van der Waals surface area contributed by atoms with Gasteiger partial charge in [0, 0.05) is 5.56 Å². The van der Waals surface area contributed by atoms with Crippen molar-refractivity contribution in [3.8, 4) is 5.75 Å². The molecule has 3 aliphatic carbocycles. The topological polar surface area (TPSA) is 102 Å².